The third-order valence-corrected chi connectivity index (χ3v) is 2.64. The van der Waals surface area contributed by atoms with E-state index in [0.29, 0.717) is 0 Å². The molecule has 0 fully saturated rings. The molecule has 0 aliphatic rings. The van der Waals surface area contributed by atoms with Crippen LogP contribution in [0.15, 0.2) is 0 Å². The van der Waals surface area contributed by atoms with Gasteiger partial charge in [-0.1, -0.05) is 18.7 Å². The lowest BCUT2D eigenvalue weighted by atomic mass is 10.4. The van der Waals surface area contributed by atoms with Gasteiger partial charge in [-0.05, 0) is 6.92 Å². The first-order valence-electron chi connectivity index (χ1n) is 2.85. The van der Waals surface area contributed by atoms with Gasteiger partial charge in [-0.15, -0.1) is 11.6 Å². The lowest BCUT2D eigenvalue weighted by molar-refractivity contribution is -0.109. The Morgan fingerprint density at radius 3 is 2.11 bits per heavy atom. The van der Waals surface area contributed by atoms with Crippen LogP contribution in [0.2, 0.25) is 0 Å². The van der Waals surface area contributed by atoms with Crippen molar-refractivity contribution >= 4 is 28.5 Å². The van der Waals surface area contributed by atoms with E-state index in [0.717, 1.165) is 0 Å². The number of hydrogen-bond donors (Lipinski definition) is 0. The van der Waals surface area contributed by atoms with Gasteiger partial charge >= 0.3 is 0 Å². The second-order valence-corrected chi connectivity index (χ2v) is 4.23. The number of hydrogen-bond acceptors (Lipinski definition) is 2. The summed E-state index contributed by atoms with van der Waals surface area (Å²) in [6, 6.07) is 0. The van der Waals surface area contributed by atoms with Crippen molar-refractivity contribution in [3.05, 3.63) is 0 Å². The van der Waals surface area contributed by atoms with Crippen LogP contribution in [-0.4, -0.2) is 15.7 Å². The Morgan fingerprint density at radius 2 is 2.00 bits per heavy atom. The smallest absolute Gasteiger partial charge is 0.186 e. The molecule has 0 bridgehead atoms. The minimum atomic E-state index is 0.0684. The molecule has 0 N–H and O–H groups in total. The third kappa shape index (κ3) is 4.79. The summed E-state index contributed by atoms with van der Waals surface area (Å²) in [6.45, 7) is 5.40. The van der Waals surface area contributed by atoms with Crippen molar-refractivity contribution < 1.29 is 4.79 Å². The fourth-order valence-corrected chi connectivity index (χ4v) is 1.22. The van der Waals surface area contributed by atoms with Gasteiger partial charge in [0.1, 0.15) is 0 Å². The van der Waals surface area contributed by atoms with Gasteiger partial charge in [0.25, 0.3) is 0 Å². The molecule has 0 aliphatic heterocycles. The van der Waals surface area contributed by atoms with Crippen LogP contribution in [0.5, 0.6) is 0 Å². The molecule has 1 nitrogen and oxygen atoms in total. The van der Waals surface area contributed by atoms with E-state index < -0.39 is 0 Å². The Bertz CT molecular complexity index is 103. The zero-order valence-corrected chi connectivity index (χ0v) is 7.42. The molecular formula is C6H11ClOS. The highest BCUT2D eigenvalue weighted by Crippen LogP contribution is 2.18. The summed E-state index contributed by atoms with van der Waals surface area (Å²) in [5, 5.41) is 0.429. The molecule has 0 rings (SSSR count). The van der Waals surface area contributed by atoms with Crippen LogP contribution >= 0.6 is 23.4 Å². The molecule has 0 spiro atoms. The number of rotatable bonds is 2. The minimum Gasteiger partial charge on any atom is -0.288 e. The lowest BCUT2D eigenvalue weighted by Gasteiger charge is -2.09. The zero-order valence-electron chi connectivity index (χ0n) is 5.85. The predicted molar refractivity (Wildman–Crippen MR) is 43.0 cm³/mol. The fraction of sp³-hybridized carbons (Fsp3) is 0.833. The van der Waals surface area contributed by atoms with E-state index in [1.54, 1.807) is 6.92 Å². The number of carbonyl (C=O) groups excluding carboxylic acids is 1. The summed E-state index contributed by atoms with van der Waals surface area (Å²) in [5.74, 6) is 0. The second-order valence-electron chi connectivity index (χ2n) is 1.99. The molecule has 0 amide bonds. The van der Waals surface area contributed by atoms with Gasteiger partial charge in [-0.3, -0.25) is 4.79 Å². The van der Waals surface area contributed by atoms with Gasteiger partial charge in [-0.2, -0.15) is 0 Å². The Hall–Kier alpha value is 0.310. The van der Waals surface area contributed by atoms with Crippen LogP contribution < -0.4 is 0 Å². The molecule has 0 aliphatic carbocycles. The highest BCUT2D eigenvalue weighted by atomic mass is 35.5. The SMILES string of the molecule is CC(=O)SC(C)C(C)Cl. The first kappa shape index (κ1) is 9.31. The van der Waals surface area contributed by atoms with Crippen molar-refractivity contribution in [2.75, 3.05) is 0 Å². The molecular weight excluding hydrogens is 156 g/mol. The number of alkyl halides is 1. The summed E-state index contributed by atoms with van der Waals surface area (Å²) < 4.78 is 0. The predicted octanol–water partition coefficient (Wildman–Crippen LogP) is 2.28. The molecule has 0 saturated heterocycles. The van der Waals surface area contributed by atoms with Gasteiger partial charge in [-0.25, -0.2) is 0 Å². The summed E-state index contributed by atoms with van der Waals surface area (Å²) in [5.41, 5.74) is 0. The van der Waals surface area contributed by atoms with Crippen molar-refractivity contribution in [2.24, 2.45) is 0 Å². The Balaban J connectivity index is 3.50. The van der Waals surface area contributed by atoms with Crippen molar-refractivity contribution in [3.63, 3.8) is 0 Å². The van der Waals surface area contributed by atoms with Gasteiger partial charge in [0.05, 0.1) is 0 Å². The van der Waals surface area contributed by atoms with E-state index in [2.05, 4.69) is 0 Å². The van der Waals surface area contributed by atoms with Crippen molar-refractivity contribution in [1.29, 1.82) is 0 Å². The third-order valence-electron chi connectivity index (χ3n) is 0.999. The van der Waals surface area contributed by atoms with E-state index in [-0.39, 0.29) is 15.7 Å². The fourth-order valence-electron chi connectivity index (χ4n) is 0.356. The number of halogens is 1. The normalized spacial score (nSPS) is 16.9. The van der Waals surface area contributed by atoms with Gasteiger partial charge in [0.15, 0.2) is 5.12 Å². The molecule has 3 heteroatoms. The zero-order chi connectivity index (χ0) is 7.44. The molecule has 0 heterocycles. The molecule has 9 heavy (non-hydrogen) atoms. The maximum absolute atomic E-state index is 10.5. The summed E-state index contributed by atoms with van der Waals surface area (Å²) in [4.78, 5) is 10.5. The Morgan fingerprint density at radius 1 is 1.56 bits per heavy atom. The average molecular weight is 167 g/mol. The van der Waals surface area contributed by atoms with Crippen LogP contribution in [-0.2, 0) is 4.79 Å². The Labute approximate surface area is 65.2 Å². The van der Waals surface area contributed by atoms with Crippen LogP contribution in [0, 0.1) is 0 Å². The largest absolute Gasteiger partial charge is 0.288 e. The second kappa shape index (κ2) is 4.18. The summed E-state index contributed by atoms with van der Waals surface area (Å²) in [6.07, 6.45) is 0. The van der Waals surface area contributed by atoms with Crippen molar-refractivity contribution in [1.82, 2.24) is 0 Å². The van der Waals surface area contributed by atoms with Crippen LogP contribution in [0.1, 0.15) is 20.8 Å². The first-order valence-corrected chi connectivity index (χ1v) is 4.17. The van der Waals surface area contributed by atoms with E-state index in [9.17, 15) is 4.79 Å². The number of thioether (sulfide) groups is 1. The molecule has 2 atom stereocenters. The molecule has 0 aromatic carbocycles. The van der Waals surface area contributed by atoms with Crippen LogP contribution in [0.4, 0.5) is 0 Å². The monoisotopic (exact) mass is 166 g/mol. The molecule has 0 aromatic rings. The van der Waals surface area contributed by atoms with Gasteiger partial charge in [0, 0.05) is 17.6 Å². The maximum atomic E-state index is 10.5. The highest BCUT2D eigenvalue weighted by molar-refractivity contribution is 8.14. The van der Waals surface area contributed by atoms with E-state index in [1.165, 1.54) is 11.8 Å². The van der Waals surface area contributed by atoms with E-state index in [1.807, 2.05) is 13.8 Å². The van der Waals surface area contributed by atoms with Crippen LogP contribution in [0.3, 0.4) is 0 Å². The topological polar surface area (TPSA) is 17.1 Å². The maximum Gasteiger partial charge on any atom is 0.186 e. The summed E-state index contributed by atoms with van der Waals surface area (Å²) >= 11 is 6.99. The molecule has 0 saturated carbocycles. The van der Waals surface area contributed by atoms with E-state index in [4.69, 9.17) is 11.6 Å². The molecule has 0 radical (unpaired) electrons. The van der Waals surface area contributed by atoms with Crippen molar-refractivity contribution in [3.8, 4) is 0 Å². The molecule has 2 unspecified atom stereocenters. The highest BCUT2D eigenvalue weighted by Gasteiger charge is 2.10. The van der Waals surface area contributed by atoms with Gasteiger partial charge in [0.2, 0.25) is 0 Å². The van der Waals surface area contributed by atoms with Gasteiger partial charge < -0.3 is 0 Å². The quantitative estimate of drug-likeness (QED) is 0.586. The van der Waals surface area contributed by atoms with E-state index >= 15 is 0 Å². The Kier molecular flexibility index (Phi) is 4.32. The lowest BCUT2D eigenvalue weighted by Crippen LogP contribution is -2.10. The first-order chi connectivity index (χ1) is 4.04. The minimum absolute atomic E-state index is 0.0684. The van der Waals surface area contributed by atoms with Crippen molar-refractivity contribution in [2.45, 2.75) is 31.4 Å². The standard InChI is InChI=1S/C6H11ClOS/c1-4(7)5(2)9-6(3)8/h4-5H,1-3H3. The summed E-state index contributed by atoms with van der Waals surface area (Å²) in [7, 11) is 0. The average Bonchev–Trinajstić information content (AvgIpc) is 1.63. The van der Waals surface area contributed by atoms with Crippen LogP contribution in [0.25, 0.3) is 0 Å². The molecule has 54 valence electrons. The number of carbonyl (C=O) groups is 1. The molecule has 0 aromatic heterocycles.